The highest BCUT2D eigenvalue weighted by atomic mass is 16.2. The fraction of sp³-hybridized carbons (Fsp3) is 0.333. The molecule has 3 amide bonds. The monoisotopic (exact) mass is 391 g/mol. The molecule has 0 radical (unpaired) electrons. The summed E-state index contributed by atoms with van der Waals surface area (Å²) in [5.74, 6) is -0.154. The number of nitrogens with one attached hydrogen (secondary N) is 2. The summed E-state index contributed by atoms with van der Waals surface area (Å²) in [5.41, 5.74) is 4.27. The number of allylic oxidation sites excluding steroid dienone is 1. The maximum Gasteiger partial charge on any atom is 0.319 e. The molecule has 0 aliphatic carbocycles. The van der Waals surface area contributed by atoms with Crippen LogP contribution in [0.3, 0.4) is 0 Å². The second-order valence-electron chi connectivity index (χ2n) is 8.22. The van der Waals surface area contributed by atoms with E-state index in [0.717, 1.165) is 27.8 Å². The van der Waals surface area contributed by atoms with Crippen LogP contribution in [-0.4, -0.2) is 29.9 Å². The predicted molar refractivity (Wildman–Crippen MR) is 116 cm³/mol. The van der Waals surface area contributed by atoms with Crippen molar-refractivity contribution in [1.29, 1.82) is 0 Å². The minimum Gasteiger partial charge on any atom is -0.352 e. The Morgan fingerprint density at radius 2 is 1.93 bits per heavy atom. The summed E-state index contributed by atoms with van der Waals surface area (Å²) in [5, 5.41) is 6.00. The van der Waals surface area contributed by atoms with Gasteiger partial charge in [-0.05, 0) is 50.5 Å². The van der Waals surface area contributed by atoms with Crippen molar-refractivity contribution in [2.45, 2.75) is 39.3 Å². The molecule has 1 unspecified atom stereocenters. The lowest BCUT2D eigenvalue weighted by Gasteiger charge is -2.38. The Labute approximate surface area is 172 Å². The number of rotatable bonds is 4. The van der Waals surface area contributed by atoms with E-state index in [1.165, 1.54) is 0 Å². The molecule has 2 N–H and O–H groups in total. The molecule has 152 valence electrons. The van der Waals surface area contributed by atoms with Crippen LogP contribution in [0, 0.1) is 6.92 Å². The zero-order valence-corrected chi connectivity index (χ0v) is 17.6. The molecule has 0 aromatic heterocycles. The fourth-order valence-electron chi connectivity index (χ4n) is 3.64. The minimum absolute atomic E-state index is 0.154. The quantitative estimate of drug-likeness (QED) is 0.823. The van der Waals surface area contributed by atoms with Gasteiger partial charge in [0.15, 0.2) is 0 Å². The van der Waals surface area contributed by atoms with Crippen molar-refractivity contribution >= 4 is 17.5 Å². The molecule has 29 heavy (non-hydrogen) atoms. The van der Waals surface area contributed by atoms with E-state index >= 15 is 0 Å². The molecule has 2 aromatic carbocycles. The third-order valence-corrected chi connectivity index (χ3v) is 5.33. The largest absolute Gasteiger partial charge is 0.352 e. The van der Waals surface area contributed by atoms with Crippen molar-refractivity contribution in [3.05, 3.63) is 77.4 Å². The maximum atomic E-state index is 13.2. The van der Waals surface area contributed by atoms with E-state index in [4.69, 9.17) is 0 Å². The van der Waals surface area contributed by atoms with Gasteiger partial charge in [0, 0.05) is 13.1 Å². The van der Waals surface area contributed by atoms with Crippen molar-refractivity contribution < 1.29 is 9.59 Å². The number of piperazine rings is 1. The van der Waals surface area contributed by atoms with Gasteiger partial charge < -0.3 is 15.5 Å². The smallest absolute Gasteiger partial charge is 0.319 e. The molecule has 1 aliphatic heterocycles. The zero-order chi connectivity index (χ0) is 21.2. The normalized spacial score (nSPS) is 16.9. The fourth-order valence-corrected chi connectivity index (χ4v) is 3.64. The van der Waals surface area contributed by atoms with Gasteiger partial charge in [-0.25, -0.2) is 4.79 Å². The lowest BCUT2D eigenvalue weighted by molar-refractivity contribution is -0.127. The summed E-state index contributed by atoms with van der Waals surface area (Å²) in [4.78, 5) is 27.5. The Bertz CT molecular complexity index is 949. The van der Waals surface area contributed by atoms with E-state index in [1.54, 1.807) is 4.90 Å². The highest BCUT2D eigenvalue weighted by Gasteiger charge is 2.36. The first-order chi connectivity index (χ1) is 13.7. The van der Waals surface area contributed by atoms with E-state index < -0.39 is 11.6 Å². The van der Waals surface area contributed by atoms with Gasteiger partial charge >= 0.3 is 6.03 Å². The second kappa shape index (κ2) is 8.11. The van der Waals surface area contributed by atoms with Crippen molar-refractivity contribution in [3.63, 3.8) is 0 Å². The van der Waals surface area contributed by atoms with Crippen molar-refractivity contribution in [2.24, 2.45) is 0 Å². The molecule has 1 atom stereocenters. The predicted octanol–water partition coefficient (Wildman–Crippen LogP) is 4.15. The first kappa shape index (κ1) is 20.6. The van der Waals surface area contributed by atoms with Crippen LogP contribution in [0.1, 0.15) is 49.1 Å². The van der Waals surface area contributed by atoms with Crippen molar-refractivity contribution in [1.82, 2.24) is 15.5 Å². The SMILES string of the molecule is C=C(C)c1cccc(C(C)(C)NC(=O)N2CCNC(=O)C2c2cccc(C)c2)c1. The Morgan fingerprint density at radius 3 is 2.62 bits per heavy atom. The van der Waals surface area contributed by atoms with Crippen LogP contribution in [0.4, 0.5) is 4.79 Å². The summed E-state index contributed by atoms with van der Waals surface area (Å²) in [6, 6.07) is 14.9. The van der Waals surface area contributed by atoms with Gasteiger partial charge in [0.2, 0.25) is 5.91 Å². The van der Waals surface area contributed by atoms with Crippen LogP contribution in [0.2, 0.25) is 0 Å². The number of carbonyl (C=O) groups excluding carboxylic acids is 2. The minimum atomic E-state index is -0.638. The summed E-state index contributed by atoms with van der Waals surface area (Å²) < 4.78 is 0. The molecule has 3 rings (SSSR count). The highest BCUT2D eigenvalue weighted by molar-refractivity contribution is 5.89. The van der Waals surface area contributed by atoms with Crippen molar-refractivity contribution in [3.8, 4) is 0 Å². The molecule has 0 bridgehead atoms. The summed E-state index contributed by atoms with van der Waals surface area (Å²) >= 11 is 0. The first-order valence-electron chi connectivity index (χ1n) is 9.88. The van der Waals surface area contributed by atoms with Crippen LogP contribution < -0.4 is 10.6 Å². The number of amides is 3. The van der Waals surface area contributed by atoms with Gasteiger partial charge in [0.1, 0.15) is 6.04 Å². The standard InChI is InChI=1S/C24H29N3O2/c1-16(2)18-9-7-11-20(15-18)24(4,5)26-23(29)27-13-12-25-22(28)21(27)19-10-6-8-17(3)14-19/h6-11,14-15,21H,1,12-13H2,2-5H3,(H,25,28)(H,26,29). The van der Waals surface area contributed by atoms with E-state index in [1.807, 2.05) is 76.2 Å². The number of hydrogen-bond acceptors (Lipinski definition) is 2. The van der Waals surface area contributed by atoms with E-state index in [2.05, 4.69) is 17.2 Å². The number of nitrogens with zero attached hydrogens (tertiary/aromatic N) is 1. The van der Waals surface area contributed by atoms with Crippen molar-refractivity contribution in [2.75, 3.05) is 13.1 Å². The van der Waals surface area contributed by atoms with Crippen LogP contribution in [-0.2, 0) is 10.3 Å². The van der Waals surface area contributed by atoms with Crippen LogP contribution in [0.25, 0.3) is 5.57 Å². The molecule has 2 aromatic rings. The van der Waals surface area contributed by atoms with Gasteiger partial charge in [-0.15, -0.1) is 0 Å². The maximum absolute atomic E-state index is 13.2. The molecule has 0 spiro atoms. The van der Waals surface area contributed by atoms with Gasteiger partial charge in [0.25, 0.3) is 0 Å². The van der Waals surface area contributed by atoms with Crippen LogP contribution in [0.15, 0.2) is 55.1 Å². The van der Waals surface area contributed by atoms with Crippen LogP contribution in [0.5, 0.6) is 0 Å². The van der Waals surface area contributed by atoms with Gasteiger partial charge in [-0.3, -0.25) is 4.79 Å². The molecule has 1 aliphatic rings. The lowest BCUT2D eigenvalue weighted by atomic mass is 9.91. The van der Waals surface area contributed by atoms with E-state index in [0.29, 0.717) is 13.1 Å². The zero-order valence-electron chi connectivity index (χ0n) is 17.6. The Hall–Kier alpha value is -3.08. The summed E-state index contributed by atoms with van der Waals surface area (Å²) in [6.45, 7) is 12.8. The molecule has 0 saturated carbocycles. The number of aryl methyl sites for hydroxylation is 1. The number of urea groups is 1. The van der Waals surface area contributed by atoms with Gasteiger partial charge in [-0.2, -0.15) is 0 Å². The van der Waals surface area contributed by atoms with Crippen LogP contribution >= 0.6 is 0 Å². The Kier molecular flexibility index (Phi) is 5.78. The topological polar surface area (TPSA) is 61.4 Å². The molecule has 1 fully saturated rings. The molecular formula is C24H29N3O2. The lowest BCUT2D eigenvalue weighted by Crippen LogP contribution is -2.57. The van der Waals surface area contributed by atoms with E-state index in [-0.39, 0.29) is 11.9 Å². The van der Waals surface area contributed by atoms with Gasteiger partial charge in [0.05, 0.1) is 5.54 Å². The summed E-state index contributed by atoms with van der Waals surface area (Å²) in [7, 11) is 0. The molecular weight excluding hydrogens is 362 g/mol. The molecule has 1 saturated heterocycles. The van der Waals surface area contributed by atoms with E-state index in [9.17, 15) is 9.59 Å². The Morgan fingerprint density at radius 1 is 1.21 bits per heavy atom. The number of benzene rings is 2. The molecule has 5 heteroatoms. The molecule has 5 nitrogen and oxygen atoms in total. The molecule has 1 heterocycles. The summed E-state index contributed by atoms with van der Waals surface area (Å²) in [6.07, 6.45) is 0. The Balaban J connectivity index is 1.86. The average Bonchev–Trinajstić information content (AvgIpc) is 2.67. The van der Waals surface area contributed by atoms with Gasteiger partial charge in [-0.1, -0.05) is 60.2 Å². The highest BCUT2D eigenvalue weighted by Crippen LogP contribution is 2.27. The third-order valence-electron chi connectivity index (χ3n) is 5.33. The second-order valence-corrected chi connectivity index (χ2v) is 8.22. The number of carbonyl (C=O) groups is 2. The third kappa shape index (κ3) is 4.50. The number of hydrogen-bond donors (Lipinski definition) is 2. The first-order valence-corrected chi connectivity index (χ1v) is 9.88. The average molecular weight is 392 g/mol.